The molecule has 0 spiro atoms. The molecule has 0 nitrogen and oxygen atoms in total. The zero-order valence-electron chi connectivity index (χ0n) is 4.20. The largest absolute Gasteiger partial charge is 0.117 e. The summed E-state index contributed by atoms with van der Waals surface area (Å²) in [7, 11) is 0. The first-order chi connectivity index (χ1) is 3.18. The van der Waals surface area contributed by atoms with Gasteiger partial charge in [0.2, 0.25) is 0 Å². The third kappa shape index (κ3) is 3.12. The summed E-state index contributed by atoms with van der Waals surface area (Å²) in [5, 5.41) is 0.0556. The maximum Gasteiger partial charge on any atom is 0.0635 e. The highest BCUT2D eigenvalue weighted by Crippen LogP contribution is 2.10. The molecule has 42 valence electrons. The minimum Gasteiger partial charge on any atom is -0.117 e. The number of allylic oxidation sites excluding steroid dienone is 1. The van der Waals surface area contributed by atoms with Crippen LogP contribution in [0.25, 0.3) is 0 Å². The van der Waals surface area contributed by atoms with Gasteiger partial charge < -0.3 is 0 Å². The average molecular weight is 183 g/mol. The summed E-state index contributed by atoms with van der Waals surface area (Å²) >= 11 is 8.93. The molecular weight excluding hydrogens is 175 g/mol. The highest BCUT2D eigenvalue weighted by molar-refractivity contribution is 9.09. The Hall–Kier alpha value is 0.510. The van der Waals surface area contributed by atoms with E-state index in [9.17, 15) is 0 Å². The van der Waals surface area contributed by atoms with Crippen molar-refractivity contribution < 1.29 is 0 Å². The summed E-state index contributed by atoms with van der Waals surface area (Å²) in [6.07, 6.45) is 1.71. The van der Waals surface area contributed by atoms with Crippen molar-refractivity contribution in [2.45, 2.75) is 17.1 Å². The first kappa shape index (κ1) is 7.51. The number of rotatable bonds is 2. The zero-order chi connectivity index (χ0) is 5.86. The maximum absolute atomic E-state index is 5.64. The van der Waals surface area contributed by atoms with Gasteiger partial charge in [-0.2, -0.15) is 0 Å². The molecule has 2 atom stereocenters. The van der Waals surface area contributed by atoms with Crippen molar-refractivity contribution in [2.24, 2.45) is 0 Å². The number of hydrogen-bond acceptors (Lipinski definition) is 0. The number of halogens is 2. The lowest BCUT2D eigenvalue weighted by molar-refractivity contribution is 1.01. The van der Waals surface area contributed by atoms with E-state index in [-0.39, 0.29) is 5.38 Å². The summed E-state index contributed by atoms with van der Waals surface area (Å²) in [6.45, 7) is 5.51. The van der Waals surface area contributed by atoms with Crippen molar-refractivity contribution in [1.82, 2.24) is 0 Å². The first-order valence-electron chi connectivity index (χ1n) is 2.09. The van der Waals surface area contributed by atoms with Gasteiger partial charge in [0.1, 0.15) is 0 Å². The van der Waals surface area contributed by atoms with Gasteiger partial charge in [-0.3, -0.25) is 0 Å². The van der Waals surface area contributed by atoms with Gasteiger partial charge in [0, 0.05) is 4.83 Å². The Kier molecular flexibility index (Phi) is 3.76. The van der Waals surface area contributed by atoms with Crippen molar-refractivity contribution >= 4 is 27.5 Å². The topological polar surface area (TPSA) is 0 Å². The van der Waals surface area contributed by atoms with Crippen molar-refractivity contribution in [3.63, 3.8) is 0 Å². The molecular formula is C5H8BrCl. The van der Waals surface area contributed by atoms with Crippen molar-refractivity contribution in [3.05, 3.63) is 12.7 Å². The van der Waals surface area contributed by atoms with Crippen LogP contribution in [0.5, 0.6) is 0 Å². The molecule has 0 aromatic rings. The van der Waals surface area contributed by atoms with Crippen LogP contribution in [0, 0.1) is 0 Å². The fourth-order valence-corrected chi connectivity index (χ4v) is 0.403. The molecule has 0 radical (unpaired) electrons. The lowest BCUT2D eigenvalue weighted by Crippen LogP contribution is -2.04. The van der Waals surface area contributed by atoms with Gasteiger partial charge in [0.15, 0.2) is 0 Å². The normalized spacial score (nSPS) is 18.1. The van der Waals surface area contributed by atoms with Crippen LogP contribution in [0.3, 0.4) is 0 Å². The van der Waals surface area contributed by atoms with Crippen LogP contribution in [0.2, 0.25) is 0 Å². The van der Waals surface area contributed by atoms with E-state index in [0.717, 1.165) is 0 Å². The Bertz CT molecular complexity index is 61.1. The lowest BCUT2D eigenvalue weighted by Gasteiger charge is -2.02. The SMILES string of the molecule is C=C[C@@H](Cl)[C@H](C)Br. The molecule has 0 saturated heterocycles. The van der Waals surface area contributed by atoms with E-state index in [1.807, 2.05) is 6.92 Å². The summed E-state index contributed by atoms with van der Waals surface area (Å²) in [4.78, 5) is 0.326. The molecule has 0 rings (SSSR count). The Balaban J connectivity index is 3.33. The third-order valence-corrected chi connectivity index (χ3v) is 2.09. The molecule has 0 unspecified atom stereocenters. The molecule has 0 aromatic heterocycles. The third-order valence-electron chi connectivity index (χ3n) is 0.664. The van der Waals surface area contributed by atoms with Crippen LogP contribution in [0.1, 0.15) is 6.92 Å². The van der Waals surface area contributed by atoms with Gasteiger partial charge in [0.05, 0.1) is 5.38 Å². The standard InChI is InChI=1S/C5H8BrCl/c1-3-5(7)4(2)6/h3-5H,1H2,2H3/t4-,5+/m0/s1. The van der Waals surface area contributed by atoms with Gasteiger partial charge in [-0.25, -0.2) is 0 Å². The number of hydrogen-bond donors (Lipinski definition) is 0. The molecule has 0 bridgehead atoms. The molecule has 0 heterocycles. The van der Waals surface area contributed by atoms with Crippen LogP contribution >= 0.6 is 27.5 Å². The van der Waals surface area contributed by atoms with Gasteiger partial charge in [-0.15, -0.1) is 18.2 Å². The van der Waals surface area contributed by atoms with Crippen molar-refractivity contribution in [3.8, 4) is 0 Å². The Labute approximate surface area is 57.7 Å². The second kappa shape index (κ2) is 3.50. The molecule has 0 aliphatic heterocycles. The second-order valence-electron chi connectivity index (χ2n) is 1.36. The van der Waals surface area contributed by atoms with Gasteiger partial charge in [-0.05, 0) is 0 Å². The van der Waals surface area contributed by atoms with E-state index in [2.05, 4.69) is 22.5 Å². The van der Waals surface area contributed by atoms with E-state index in [1.165, 1.54) is 0 Å². The molecule has 0 saturated carbocycles. The lowest BCUT2D eigenvalue weighted by atomic mass is 10.3. The molecule has 7 heavy (non-hydrogen) atoms. The Morgan fingerprint density at radius 3 is 2.29 bits per heavy atom. The summed E-state index contributed by atoms with van der Waals surface area (Å²) < 4.78 is 0. The molecule has 0 fully saturated rings. The minimum atomic E-state index is 0.0556. The highest BCUT2D eigenvalue weighted by Gasteiger charge is 2.03. The van der Waals surface area contributed by atoms with E-state index < -0.39 is 0 Å². The van der Waals surface area contributed by atoms with Crippen molar-refractivity contribution in [2.75, 3.05) is 0 Å². The summed E-state index contributed by atoms with van der Waals surface area (Å²) in [5.74, 6) is 0. The predicted octanol–water partition coefficient (Wildman–Crippen LogP) is 2.56. The fourth-order valence-electron chi connectivity index (χ4n) is 0.188. The van der Waals surface area contributed by atoms with Crippen LogP contribution in [0.15, 0.2) is 12.7 Å². The molecule has 2 heteroatoms. The van der Waals surface area contributed by atoms with Crippen LogP contribution in [-0.2, 0) is 0 Å². The summed E-state index contributed by atoms with van der Waals surface area (Å²) in [6, 6.07) is 0. The van der Waals surface area contributed by atoms with Crippen molar-refractivity contribution in [1.29, 1.82) is 0 Å². The average Bonchev–Trinajstić information content (AvgIpc) is 1.65. The number of alkyl halides is 2. The molecule has 0 N–H and O–H groups in total. The second-order valence-corrected chi connectivity index (χ2v) is 3.31. The molecule has 0 aliphatic carbocycles. The molecule has 0 aromatic carbocycles. The van der Waals surface area contributed by atoms with Crippen LogP contribution in [-0.4, -0.2) is 10.2 Å². The fraction of sp³-hybridized carbons (Fsp3) is 0.600. The molecule has 0 aliphatic rings. The summed E-state index contributed by atoms with van der Waals surface area (Å²) in [5.41, 5.74) is 0. The highest BCUT2D eigenvalue weighted by atomic mass is 79.9. The van der Waals surface area contributed by atoms with Crippen LogP contribution in [0.4, 0.5) is 0 Å². The minimum absolute atomic E-state index is 0.0556. The zero-order valence-corrected chi connectivity index (χ0v) is 6.54. The smallest absolute Gasteiger partial charge is 0.0635 e. The molecule has 0 amide bonds. The van der Waals surface area contributed by atoms with E-state index >= 15 is 0 Å². The van der Waals surface area contributed by atoms with Gasteiger partial charge in [-0.1, -0.05) is 28.9 Å². The maximum atomic E-state index is 5.64. The monoisotopic (exact) mass is 182 g/mol. The van der Waals surface area contributed by atoms with E-state index in [4.69, 9.17) is 11.6 Å². The Morgan fingerprint density at radius 2 is 2.29 bits per heavy atom. The quantitative estimate of drug-likeness (QED) is 0.456. The van der Waals surface area contributed by atoms with Gasteiger partial charge >= 0.3 is 0 Å². The predicted molar refractivity (Wildman–Crippen MR) is 38.2 cm³/mol. The first-order valence-corrected chi connectivity index (χ1v) is 3.44. The van der Waals surface area contributed by atoms with Crippen LogP contribution < -0.4 is 0 Å². The Morgan fingerprint density at radius 1 is 1.86 bits per heavy atom. The van der Waals surface area contributed by atoms with Gasteiger partial charge in [0.25, 0.3) is 0 Å². The van der Waals surface area contributed by atoms with E-state index in [1.54, 1.807) is 6.08 Å². The van der Waals surface area contributed by atoms with E-state index in [0.29, 0.717) is 4.83 Å².